The van der Waals surface area contributed by atoms with Crippen molar-refractivity contribution in [2.24, 2.45) is 0 Å². The zero-order chi connectivity index (χ0) is 15.8. The normalized spacial score (nSPS) is 13.9. The van der Waals surface area contributed by atoms with Crippen molar-refractivity contribution in [3.05, 3.63) is 17.7 Å². The Balaban J connectivity index is 2.49. The molecule has 0 bridgehead atoms. The Morgan fingerprint density at radius 2 is 1.95 bits per heavy atom. The van der Waals surface area contributed by atoms with Crippen LogP contribution in [0, 0.1) is 0 Å². The quantitative estimate of drug-likeness (QED) is 0.471. The summed E-state index contributed by atoms with van der Waals surface area (Å²) in [5.74, 6) is -2.22. The van der Waals surface area contributed by atoms with E-state index in [9.17, 15) is 26.4 Å². The summed E-state index contributed by atoms with van der Waals surface area (Å²) in [5, 5.41) is 0. The molecule has 1 heterocycles. The van der Waals surface area contributed by atoms with Crippen LogP contribution >= 0.6 is 0 Å². The molecule has 0 saturated carbocycles. The molecule has 0 unspecified atom stereocenters. The van der Waals surface area contributed by atoms with Crippen LogP contribution < -0.4 is 13.7 Å². The fourth-order valence-electron chi connectivity index (χ4n) is 1.44. The van der Waals surface area contributed by atoms with E-state index in [4.69, 9.17) is 9.47 Å². The highest BCUT2D eigenvalue weighted by Crippen LogP contribution is 2.43. The van der Waals surface area contributed by atoms with E-state index in [1.54, 1.807) is 0 Å². The number of carbonyl (C=O) groups excluding carboxylic acids is 1. The molecule has 1 aromatic carbocycles. The van der Waals surface area contributed by atoms with Crippen LogP contribution in [0.4, 0.5) is 13.2 Å². The van der Waals surface area contributed by atoms with Crippen LogP contribution in [0.5, 0.6) is 17.2 Å². The fraction of sp³-hybridized carbons (Fsp3) is 0.300. The van der Waals surface area contributed by atoms with Gasteiger partial charge in [0.25, 0.3) is 0 Å². The van der Waals surface area contributed by atoms with Crippen LogP contribution in [0.15, 0.2) is 12.1 Å². The standard InChI is InChI=1S/C10H7F3O7S/c1-17-9(14)5-2-6-8(19-4-18-6)7(3-5)20-21(15,16)10(11,12)13/h2-3H,4H2,1H3. The second kappa shape index (κ2) is 4.98. The van der Waals surface area contributed by atoms with E-state index in [-0.39, 0.29) is 23.9 Å². The van der Waals surface area contributed by atoms with E-state index in [2.05, 4.69) is 8.92 Å². The average molecular weight is 328 g/mol. The first-order valence-electron chi connectivity index (χ1n) is 5.18. The van der Waals surface area contributed by atoms with Crippen LogP contribution in [-0.4, -0.2) is 33.8 Å². The molecule has 2 rings (SSSR count). The maximum absolute atomic E-state index is 12.3. The topological polar surface area (TPSA) is 88.1 Å². The molecule has 21 heavy (non-hydrogen) atoms. The molecular weight excluding hydrogens is 321 g/mol. The molecule has 0 aliphatic carbocycles. The summed E-state index contributed by atoms with van der Waals surface area (Å²) in [6, 6.07) is 1.88. The maximum atomic E-state index is 12.3. The molecule has 7 nitrogen and oxygen atoms in total. The minimum atomic E-state index is -5.91. The van der Waals surface area contributed by atoms with Crippen LogP contribution in [-0.2, 0) is 14.9 Å². The first kappa shape index (κ1) is 15.2. The summed E-state index contributed by atoms with van der Waals surface area (Å²) < 4.78 is 77.1. The largest absolute Gasteiger partial charge is 0.534 e. The smallest absolute Gasteiger partial charge is 0.465 e. The lowest BCUT2D eigenvalue weighted by Gasteiger charge is -2.12. The number of benzene rings is 1. The van der Waals surface area contributed by atoms with E-state index in [0.717, 1.165) is 19.2 Å². The van der Waals surface area contributed by atoms with Crippen molar-refractivity contribution in [1.82, 2.24) is 0 Å². The molecule has 0 spiro atoms. The summed E-state index contributed by atoms with van der Waals surface area (Å²) >= 11 is 0. The van der Waals surface area contributed by atoms with Gasteiger partial charge in [-0.1, -0.05) is 0 Å². The minimum absolute atomic E-state index is 0.134. The van der Waals surface area contributed by atoms with E-state index in [1.165, 1.54) is 0 Å². The number of halogens is 3. The van der Waals surface area contributed by atoms with Gasteiger partial charge in [-0.15, -0.1) is 0 Å². The summed E-state index contributed by atoms with van der Waals surface area (Å²) in [7, 11) is -4.87. The van der Waals surface area contributed by atoms with Crippen molar-refractivity contribution in [1.29, 1.82) is 0 Å². The van der Waals surface area contributed by atoms with Gasteiger partial charge in [0.05, 0.1) is 12.7 Å². The van der Waals surface area contributed by atoms with Crippen molar-refractivity contribution in [3.63, 3.8) is 0 Å². The van der Waals surface area contributed by atoms with Gasteiger partial charge in [-0.25, -0.2) is 4.79 Å². The van der Waals surface area contributed by atoms with Gasteiger partial charge in [-0.2, -0.15) is 21.6 Å². The molecule has 11 heteroatoms. The van der Waals surface area contributed by atoms with Crippen LogP contribution in [0.1, 0.15) is 10.4 Å². The van der Waals surface area contributed by atoms with Gasteiger partial charge >= 0.3 is 21.6 Å². The van der Waals surface area contributed by atoms with Crippen molar-refractivity contribution in [2.45, 2.75) is 5.51 Å². The fourth-order valence-corrected chi connectivity index (χ4v) is 1.90. The molecule has 1 aliphatic heterocycles. The third-order valence-corrected chi connectivity index (χ3v) is 3.31. The maximum Gasteiger partial charge on any atom is 0.534 e. The molecule has 0 saturated heterocycles. The predicted octanol–water partition coefficient (Wildman–Crippen LogP) is 1.43. The van der Waals surface area contributed by atoms with Gasteiger partial charge in [-0.3, -0.25) is 0 Å². The number of methoxy groups -OCH3 is 1. The van der Waals surface area contributed by atoms with Gasteiger partial charge in [0.2, 0.25) is 12.5 Å². The summed E-state index contributed by atoms with van der Waals surface area (Å²) in [4.78, 5) is 11.4. The van der Waals surface area contributed by atoms with Crippen LogP contribution in [0.25, 0.3) is 0 Å². The molecule has 0 aromatic heterocycles. The summed E-state index contributed by atoms with van der Waals surface area (Å²) in [5.41, 5.74) is -5.88. The highest BCUT2D eigenvalue weighted by molar-refractivity contribution is 7.88. The monoisotopic (exact) mass is 328 g/mol. The minimum Gasteiger partial charge on any atom is -0.465 e. The molecule has 0 fully saturated rings. The second-order valence-electron chi connectivity index (χ2n) is 3.68. The third-order valence-electron chi connectivity index (χ3n) is 2.34. The zero-order valence-electron chi connectivity index (χ0n) is 10.3. The Morgan fingerprint density at radius 3 is 2.52 bits per heavy atom. The van der Waals surface area contributed by atoms with E-state index < -0.39 is 27.3 Å². The van der Waals surface area contributed by atoms with Gasteiger partial charge < -0.3 is 18.4 Å². The molecule has 1 aliphatic rings. The van der Waals surface area contributed by atoms with Gasteiger partial charge in [0.15, 0.2) is 11.5 Å². The van der Waals surface area contributed by atoms with Gasteiger partial charge in [-0.05, 0) is 6.07 Å². The third kappa shape index (κ3) is 2.82. The Morgan fingerprint density at radius 1 is 1.29 bits per heavy atom. The zero-order valence-corrected chi connectivity index (χ0v) is 11.1. The Hall–Kier alpha value is -2.17. The number of esters is 1. The number of hydrogen-bond acceptors (Lipinski definition) is 7. The highest BCUT2D eigenvalue weighted by atomic mass is 32.2. The first-order valence-corrected chi connectivity index (χ1v) is 6.59. The Labute approximate surface area is 116 Å². The molecule has 0 atom stereocenters. The number of hydrogen-bond donors (Lipinski definition) is 0. The SMILES string of the molecule is COC(=O)c1cc2c(c(OS(=O)(=O)C(F)(F)F)c1)OCO2. The van der Waals surface area contributed by atoms with Gasteiger partial charge in [0.1, 0.15) is 0 Å². The van der Waals surface area contributed by atoms with Crippen molar-refractivity contribution >= 4 is 16.1 Å². The van der Waals surface area contributed by atoms with E-state index in [0.29, 0.717) is 0 Å². The average Bonchev–Trinajstić information content (AvgIpc) is 2.84. The van der Waals surface area contributed by atoms with Crippen LogP contribution in [0.3, 0.4) is 0 Å². The summed E-state index contributed by atoms with van der Waals surface area (Å²) in [6.07, 6.45) is 0. The van der Waals surface area contributed by atoms with Crippen molar-refractivity contribution < 1.29 is 44.8 Å². The molecule has 116 valence electrons. The second-order valence-corrected chi connectivity index (χ2v) is 5.22. The lowest BCUT2D eigenvalue weighted by atomic mass is 10.2. The van der Waals surface area contributed by atoms with Crippen LogP contribution in [0.2, 0.25) is 0 Å². The molecular formula is C10H7F3O7S. The molecule has 0 radical (unpaired) electrons. The van der Waals surface area contributed by atoms with E-state index >= 15 is 0 Å². The van der Waals surface area contributed by atoms with E-state index in [1.807, 2.05) is 0 Å². The Kier molecular flexibility index (Phi) is 3.61. The number of rotatable bonds is 3. The number of carbonyl (C=O) groups is 1. The molecule has 0 amide bonds. The summed E-state index contributed by atoms with van der Waals surface area (Å²) in [6.45, 7) is -0.359. The first-order chi connectivity index (χ1) is 9.65. The van der Waals surface area contributed by atoms with Gasteiger partial charge in [0, 0.05) is 6.07 Å². The molecule has 1 aromatic rings. The highest BCUT2D eigenvalue weighted by Gasteiger charge is 2.49. The lowest BCUT2D eigenvalue weighted by Crippen LogP contribution is -2.28. The number of fused-ring (bicyclic) bond motifs is 1. The van der Waals surface area contributed by atoms with Crippen molar-refractivity contribution in [3.8, 4) is 17.2 Å². The predicted molar refractivity (Wildman–Crippen MR) is 59.5 cm³/mol. The number of ether oxygens (including phenoxy) is 3. The Bertz CT molecular complexity index is 681. The molecule has 0 N–H and O–H groups in total. The van der Waals surface area contributed by atoms with Crippen molar-refractivity contribution in [2.75, 3.05) is 13.9 Å². The lowest BCUT2D eigenvalue weighted by molar-refractivity contribution is -0.0500. The number of alkyl halides is 3.